The van der Waals surface area contributed by atoms with E-state index in [1.807, 2.05) is 30.3 Å². The van der Waals surface area contributed by atoms with Crippen LogP contribution in [-0.4, -0.2) is 24.3 Å². The van der Waals surface area contributed by atoms with E-state index in [0.717, 1.165) is 10.9 Å². The number of fused-ring (bicyclic) bond motifs is 1. The van der Waals surface area contributed by atoms with Crippen LogP contribution in [0.3, 0.4) is 0 Å². The first-order chi connectivity index (χ1) is 8.22. The maximum Gasteiger partial charge on any atom is 0.251 e. The molecule has 2 aromatic rings. The molecule has 0 saturated carbocycles. The highest BCUT2D eigenvalue weighted by molar-refractivity contribution is 5.78. The maximum absolute atomic E-state index is 11.8. The molecule has 0 fully saturated rings. The highest BCUT2D eigenvalue weighted by atomic mass is 16.5. The van der Waals surface area contributed by atoms with E-state index in [0.29, 0.717) is 13.2 Å². The number of pyridine rings is 1. The average molecular weight is 232 g/mol. The lowest BCUT2D eigenvalue weighted by atomic mass is 10.2. The highest BCUT2D eigenvalue weighted by Gasteiger charge is 2.07. The molecule has 1 aromatic heterocycles. The molecule has 0 amide bonds. The number of nitrogens with two attached hydrogens (primary N) is 1. The van der Waals surface area contributed by atoms with Crippen molar-refractivity contribution in [3.8, 4) is 0 Å². The highest BCUT2D eigenvalue weighted by Crippen LogP contribution is 2.11. The van der Waals surface area contributed by atoms with Gasteiger partial charge in [0.05, 0.1) is 12.1 Å². The standard InChI is InChI=1S/C13H16N2O2/c1-17-9-11(14)8-15-12-5-3-2-4-10(12)6-7-13(15)16/h2-7,11H,8-9,14H2,1H3. The Hall–Kier alpha value is -1.65. The summed E-state index contributed by atoms with van der Waals surface area (Å²) < 4.78 is 6.68. The van der Waals surface area contributed by atoms with E-state index >= 15 is 0 Å². The number of hydrogen-bond acceptors (Lipinski definition) is 3. The van der Waals surface area contributed by atoms with Crippen molar-refractivity contribution in [3.63, 3.8) is 0 Å². The van der Waals surface area contributed by atoms with Crippen molar-refractivity contribution in [1.29, 1.82) is 0 Å². The zero-order valence-electron chi connectivity index (χ0n) is 9.80. The number of hydrogen-bond donors (Lipinski definition) is 1. The summed E-state index contributed by atoms with van der Waals surface area (Å²) in [6, 6.07) is 11.0. The fourth-order valence-electron chi connectivity index (χ4n) is 1.93. The molecule has 0 saturated heterocycles. The predicted octanol–water partition coefficient (Wildman–Crippen LogP) is 0.975. The Morgan fingerprint density at radius 1 is 1.29 bits per heavy atom. The zero-order chi connectivity index (χ0) is 12.3. The van der Waals surface area contributed by atoms with Crippen LogP contribution in [0.4, 0.5) is 0 Å². The molecule has 1 atom stereocenters. The van der Waals surface area contributed by atoms with Gasteiger partial charge in [-0.2, -0.15) is 0 Å². The van der Waals surface area contributed by atoms with Gasteiger partial charge in [-0.25, -0.2) is 0 Å². The minimum absolute atomic E-state index is 0.0322. The molecular formula is C13H16N2O2. The van der Waals surface area contributed by atoms with E-state index in [2.05, 4.69) is 0 Å². The van der Waals surface area contributed by atoms with Gasteiger partial charge >= 0.3 is 0 Å². The van der Waals surface area contributed by atoms with Crippen molar-refractivity contribution >= 4 is 10.9 Å². The maximum atomic E-state index is 11.8. The lowest BCUT2D eigenvalue weighted by Crippen LogP contribution is -2.35. The number of para-hydroxylation sites is 1. The molecule has 2 rings (SSSR count). The molecule has 0 spiro atoms. The number of aromatic nitrogens is 1. The predicted molar refractivity (Wildman–Crippen MR) is 68.1 cm³/mol. The van der Waals surface area contributed by atoms with Crippen LogP contribution < -0.4 is 11.3 Å². The van der Waals surface area contributed by atoms with Crippen molar-refractivity contribution in [2.45, 2.75) is 12.6 Å². The molecule has 90 valence electrons. The molecule has 0 aliphatic rings. The van der Waals surface area contributed by atoms with E-state index in [1.165, 1.54) is 0 Å². The summed E-state index contributed by atoms with van der Waals surface area (Å²) in [6.45, 7) is 0.906. The topological polar surface area (TPSA) is 57.2 Å². The largest absolute Gasteiger partial charge is 0.383 e. The van der Waals surface area contributed by atoms with Crippen LogP contribution in [0.5, 0.6) is 0 Å². The molecular weight excluding hydrogens is 216 g/mol. The lowest BCUT2D eigenvalue weighted by Gasteiger charge is -2.14. The second kappa shape index (κ2) is 5.12. The number of rotatable bonds is 4. The van der Waals surface area contributed by atoms with Crippen molar-refractivity contribution in [3.05, 3.63) is 46.8 Å². The summed E-state index contributed by atoms with van der Waals surface area (Å²) in [4.78, 5) is 11.8. The quantitative estimate of drug-likeness (QED) is 0.854. The summed E-state index contributed by atoms with van der Waals surface area (Å²) in [7, 11) is 1.60. The van der Waals surface area contributed by atoms with Gasteiger partial charge in [-0.05, 0) is 17.5 Å². The monoisotopic (exact) mass is 232 g/mol. The van der Waals surface area contributed by atoms with E-state index < -0.39 is 0 Å². The molecule has 4 heteroatoms. The lowest BCUT2D eigenvalue weighted by molar-refractivity contribution is 0.174. The van der Waals surface area contributed by atoms with Gasteiger partial charge in [0, 0.05) is 25.8 Å². The van der Waals surface area contributed by atoms with Crippen LogP contribution in [0, 0.1) is 0 Å². The molecule has 0 bridgehead atoms. The van der Waals surface area contributed by atoms with E-state index in [-0.39, 0.29) is 11.6 Å². The van der Waals surface area contributed by atoms with Gasteiger partial charge in [0.2, 0.25) is 0 Å². The minimum atomic E-state index is -0.177. The molecule has 0 aliphatic heterocycles. The van der Waals surface area contributed by atoms with Crippen LogP contribution in [0.1, 0.15) is 0 Å². The van der Waals surface area contributed by atoms with Crippen molar-refractivity contribution in [2.24, 2.45) is 5.73 Å². The van der Waals surface area contributed by atoms with Gasteiger partial charge in [-0.3, -0.25) is 4.79 Å². The van der Waals surface area contributed by atoms with Crippen molar-refractivity contribution in [1.82, 2.24) is 4.57 Å². The third-order valence-corrected chi connectivity index (χ3v) is 2.70. The van der Waals surface area contributed by atoms with E-state index in [4.69, 9.17) is 10.5 Å². The molecule has 0 aliphatic carbocycles. The van der Waals surface area contributed by atoms with Crippen molar-refractivity contribution < 1.29 is 4.74 Å². The van der Waals surface area contributed by atoms with Gasteiger partial charge < -0.3 is 15.0 Å². The Kier molecular flexibility index (Phi) is 3.56. The second-order valence-electron chi connectivity index (χ2n) is 4.06. The van der Waals surface area contributed by atoms with Crippen LogP contribution >= 0.6 is 0 Å². The second-order valence-corrected chi connectivity index (χ2v) is 4.06. The van der Waals surface area contributed by atoms with Gasteiger partial charge in [-0.1, -0.05) is 18.2 Å². The Morgan fingerprint density at radius 3 is 2.82 bits per heavy atom. The van der Waals surface area contributed by atoms with Gasteiger partial charge in [0.25, 0.3) is 5.56 Å². The van der Waals surface area contributed by atoms with Gasteiger partial charge in [0.15, 0.2) is 0 Å². The summed E-state index contributed by atoms with van der Waals surface area (Å²) >= 11 is 0. The third kappa shape index (κ3) is 2.54. The first-order valence-electron chi connectivity index (χ1n) is 5.55. The normalized spacial score (nSPS) is 12.8. The van der Waals surface area contributed by atoms with Crippen LogP contribution in [-0.2, 0) is 11.3 Å². The molecule has 0 radical (unpaired) electrons. The van der Waals surface area contributed by atoms with Crippen LogP contribution in [0.15, 0.2) is 41.2 Å². The number of benzene rings is 1. The fraction of sp³-hybridized carbons (Fsp3) is 0.308. The number of nitrogens with zero attached hydrogens (tertiary/aromatic N) is 1. The third-order valence-electron chi connectivity index (χ3n) is 2.70. The van der Waals surface area contributed by atoms with E-state index in [1.54, 1.807) is 17.7 Å². The zero-order valence-corrected chi connectivity index (χ0v) is 9.80. The van der Waals surface area contributed by atoms with Crippen LogP contribution in [0.2, 0.25) is 0 Å². The van der Waals surface area contributed by atoms with Gasteiger partial charge in [-0.15, -0.1) is 0 Å². The molecule has 2 N–H and O–H groups in total. The van der Waals surface area contributed by atoms with Crippen molar-refractivity contribution in [2.75, 3.05) is 13.7 Å². The average Bonchev–Trinajstić information content (AvgIpc) is 2.33. The summed E-state index contributed by atoms with van der Waals surface area (Å²) in [5, 5.41) is 1.04. The summed E-state index contributed by atoms with van der Waals surface area (Å²) in [6.07, 6.45) is 0. The molecule has 1 heterocycles. The Balaban J connectivity index is 2.44. The van der Waals surface area contributed by atoms with Crippen LogP contribution in [0.25, 0.3) is 10.9 Å². The van der Waals surface area contributed by atoms with Gasteiger partial charge in [0.1, 0.15) is 0 Å². The summed E-state index contributed by atoms with van der Waals surface area (Å²) in [5.41, 5.74) is 6.77. The first kappa shape index (κ1) is 11.8. The Morgan fingerprint density at radius 2 is 2.06 bits per heavy atom. The minimum Gasteiger partial charge on any atom is -0.383 e. The smallest absolute Gasteiger partial charge is 0.251 e. The SMILES string of the molecule is COCC(N)Cn1c(=O)ccc2ccccc21. The number of ether oxygens (including phenoxy) is 1. The van der Waals surface area contributed by atoms with E-state index in [9.17, 15) is 4.79 Å². The Bertz CT molecular complexity index is 563. The fourth-order valence-corrected chi connectivity index (χ4v) is 1.93. The Labute approximate surface area is 99.6 Å². The number of methoxy groups -OCH3 is 1. The molecule has 17 heavy (non-hydrogen) atoms. The summed E-state index contributed by atoms with van der Waals surface area (Å²) in [5.74, 6) is 0. The molecule has 1 aromatic carbocycles. The first-order valence-corrected chi connectivity index (χ1v) is 5.55. The molecule has 4 nitrogen and oxygen atoms in total. The molecule has 1 unspecified atom stereocenters.